The summed E-state index contributed by atoms with van der Waals surface area (Å²) in [6, 6.07) is 10.9. The average Bonchev–Trinajstić information content (AvgIpc) is 3.19. The van der Waals surface area contributed by atoms with Gasteiger partial charge in [-0.25, -0.2) is 0 Å². The molecule has 0 aromatic heterocycles. The first-order valence-corrected chi connectivity index (χ1v) is 10.6. The van der Waals surface area contributed by atoms with Gasteiger partial charge in [-0.1, -0.05) is 43.2 Å². The van der Waals surface area contributed by atoms with Crippen molar-refractivity contribution in [2.45, 2.75) is 50.9 Å². The van der Waals surface area contributed by atoms with E-state index in [4.69, 9.17) is 0 Å². The van der Waals surface area contributed by atoms with Crippen molar-refractivity contribution in [2.24, 2.45) is 4.99 Å². The molecule has 1 unspecified atom stereocenters. The van der Waals surface area contributed by atoms with Gasteiger partial charge in [0.15, 0.2) is 5.96 Å². The first-order valence-electron chi connectivity index (χ1n) is 10.6. The Labute approximate surface area is 182 Å². The number of piperidine rings is 1. The number of likely N-dealkylation sites (tertiary alicyclic amines) is 2. The van der Waals surface area contributed by atoms with Crippen molar-refractivity contribution < 1.29 is 0 Å². The summed E-state index contributed by atoms with van der Waals surface area (Å²) in [6.45, 7) is 7.16. The monoisotopic (exact) mass is 484 g/mol. The normalized spacial score (nSPS) is 21.1. The second kappa shape index (κ2) is 12.6. The molecule has 152 valence electrons. The van der Waals surface area contributed by atoms with Crippen molar-refractivity contribution in [3.63, 3.8) is 0 Å². The molecule has 3 rings (SSSR count). The second-order valence-electron chi connectivity index (χ2n) is 7.78. The van der Waals surface area contributed by atoms with Crippen LogP contribution in [0.2, 0.25) is 0 Å². The van der Waals surface area contributed by atoms with Crippen LogP contribution in [0.1, 0.15) is 56.4 Å². The van der Waals surface area contributed by atoms with Crippen LogP contribution in [0.5, 0.6) is 0 Å². The fraction of sp³-hybridized carbons (Fsp3) is 0.682. The summed E-state index contributed by atoms with van der Waals surface area (Å²) in [5.74, 6) is 1.72. The summed E-state index contributed by atoms with van der Waals surface area (Å²) in [7, 11) is 1.91. The van der Waals surface area contributed by atoms with Gasteiger partial charge in [-0.05, 0) is 57.3 Å². The van der Waals surface area contributed by atoms with Crippen LogP contribution in [0, 0.1) is 0 Å². The lowest BCUT2D eigenvalue weighted by atomic mass is 9.99. The molecule has 2 heterocycles. The molecule has 2 aliphatic heterocycles. The van der Waals surface area contributed by atoms with Crippen molar-refractivity contribution in [1.82, 2.24) is 15.1 Å². The van der Waals surface area contributed by atoms with Crippen molar-refractivity contribution in [3.05, 3.63) is 35.9 Å². The lowest BCUT2D eigenvalue weighted by molar-refractivity contribution is 0.224. The number of aliphatic imine (C=N–C) groups is 1. The zero-order valence-corrected chi connectivity index (χ0v) is 19.2. The van der Waals surface area contributed by atoms with Crippen molar-refractivity contribution >= 4 is 29.9 Å². The average molecular weight is 484 g/mol. The number of guanidine groups is 1. The number of benzene rings is 1. The molecular formula is C22H37IN4. The van der Waals surface area contributed by atoms with Crippen LogP contribution in [0.25, 0.3) is 0 Å². The molecular weight excluding hydrogens is 447 g/mol. The molecule has 0 spiro atoms. The second-order valence-corrected chi connectivity index (χ2v) is 7.78. The summed E-state index contributed by atoms with van der Waals surface area (Å²) in [5, 5.41) is 3.58. The number of nitrogens with zero attached hydrogens (tertiary/aromatic N) is 3. The fourth-order valence-corrected chi connectivity index (χ4v) is 4.30. The highest BCUT2D eigenvalue weighted by atomic mass is 127. The highest BCUT2D eigenvalue weighted by Crippen LogP contribution is 2.26. The van der Waals surface area contributed by atoms with E-state index in [0.29, 0.717) is 5.92 Å². The zero-order valence-electron chi connectivity index (χ0n) is 16.9. The van der Waals surface area contributed by atoms with E-state index in [1.807, 2.05) is 7.05 Å². The summed E-state index contributed by atoms with van der Waals surface area (Å²) >= 11 is 0. The number of nitrogens with one attached hydrogen (secondary N) is 1. The summed E-state index contributed by atoms with van der Waals surface area (Å²) < 4.78 is 0. The fourth-order valence-electron chi connectivity index (χ4n) is 4.30. The number of halogens is 1. The molecule has 0 saturated carbocycles. The van der Waals surface area contributed by atoms with Gasteiger partial charge in [-0.3, -0.25) is 4.99 Å². The highest BCUT2D eigenvalue weighted by molar-refractivity contribution is 14.0. The van der Waals surface area contributed by atoms with Gasteiger partial charge >= 0.3 is 0 Å². The topological polar surface area (TPSA) is 30.9 Å². The molecule has 0 aliphatic carbocycles. The van der Waals surface area contributed by atoms with Gasteiger partial charge < -0.3 is 15.1 Å². The van der Waals surface area contributed by atoms with Crippen LogP contribution in [0.3, 0.4) is 0 Å². The summed E-state index contributed by atoms with van der Waals surface area (Å²) in [5.41, 5.74) is 1.46. The minimum atomic E-state index is 0. The van der Waals surface area contributed by atoms with Crippen LogP contribution >= 0.6 is 24.0 Å². The Bertz CT molecular complexity index is 543. The maximum absolute atomic E-state index is 4.51. The Morgan fingerprint density at radius 2 is 1.81 bits per heavy atom. The molecule has 5 heteroatoms. The molecule has 1 N–H and O–H groups in total. The zero-order chi connectivity index (χ0) is 18.0. The summed E-state index contributed by atoms with van der Waals surface area (Å²) in [6.07, 6.45) is 9.34. The van der Waals surface area contributed by atoms with E-state index in [2.05, 4.69) is 50.4 Å². The van der Waals surface area contributed by atoms with Crippen LogP contribution in [-0.2, 0) is 0 Å². The van der Waals surface area contributed by atoms with Gasteiger partial charge in [-0.15, -0.1) is 24.0 Å². The number of unbranched alkanes of at least 4 members (excludes halogenated alkanes) is 2. The first-order chi connectivity index (χ1) is 12.9. The van der Waals surface area contributed by atoms with Crippen molar-refractivity contribution in [2.75, 3.05) is 46.3 Å². The van der Waals surface area contributed by atoms with Gasteiger partial charge in [-0.2, -0.15) is 0 Å². The van der Waals surface area contributed by atoms with Crippen LogP contribution in [-0.4, -0.2) is 62.1 Å². The van der Waals surface area contributed by atoms with Crippen LogP contribution < -0.4 is 5.32 Å². The predicted octanol–water partition coefficient (Wildman–Crippen LogP) is 4.33. The van der Waals surface area contributed by atoms with E-state index in [-0.39, 0.29) is 24.0 Å². The van der Waals surface area contributed by atoms with Gasteiger partial charge in [0.25, 0.3) is 0 Å². The van der Waals surface area contributed by atoms with E-state index < -0.39 is 0 Å². The van der Waals surface area contributed by atoms with E-state index in [1.54, 1.807) is 0 Å². The molecule has 4 nitrogen and oxygen atoms in total. The van der Waals surface area contributed by atoms with E-state index in [0.717, 1.165) is 25.6 Å². The third kappa shape index (κ3) is 7.26. The van der Waals surface area contributed by atoms with Gasteiger partial charge in [0.2, 0.25) is 0 Å². The molecule has 0 amide bonds. The van der Waals surface area contributed by atoms with E-state index in [9.17, 15) is 0 Å². The van der Waals surface area contributed by atoms with Crippen LogP contribution in [0.4, 0.5) is 0 Å². The Kier molecular flexibility index (Phi) is 10.5. The maximum Gasteiger partial charge on any atom is 0.193 e. The lowest BCUT2D eigenvalue weighted by Crippen LogP contribution is -2.40. The Hall–Kier alpha value is -0.820. The molecule has 2 fully saturated rings. The van der Waals surface area contributed by atoms with Gasteiger partial charge in [0, 0.05) is 32.6 Å². The standard InChI is InChI=1S/C22H36N4.HI/c1-23-22(24-14-7-3-8-15-25-16-9-4-10-17-25)26-18-13-21(19-26)20-11-5-2-6-12-20;/h2,5-6,11-12,21H,3-4,7-10,13-19H2,1H3,(H,23,24);1H. The maximum atomic E-state index is 4.51. The van der Waals surface area contributed by atoms with Gasteiger partial charge in [0.05, 0.1) is 0 Å². The molecule has 0 radical (unpaired) electrons. The van der Waals surface area contributed by atoms with Crippen molar-refractivity contribution in [1.29, 1.82) is 0 Å². The van der Waals surface area contributed by atoms with E-state index in [1.165, 1.54) is 70.1 Å². The first kappa shape index (κ1) is 22.5. The molecule has 0 bridgehead atoms. The molecule has 1 aromatic rings. The van der Waals surface area contributed by atoms with Gasteiger partial charge in [0.1, 0.15) is 0 Å². The third-order valence-electron chi connectivity index (χ3n) is 5.85. The lowest BCUT2D eigenvalue weighted by Gasteiger charge is -2.26. The smallest absolute Gasteiger partial charge is 0.193 e. The molecule has 1 aromatic carbocycles. The van der Waals surface area contributed by atoms with Crippen LogP contribution in [0.15, 0.2) is 35.3 Å². The Balaban J connectivity index is 0.00000261. The third-order valence-corrected chi connectivity index (χ3v) is 5.85. The molecule has 27 heavy (non-hydrogen) atoms. The molecule has 2 saturated heterocycles. The Morgan fingerprint density at radius 3 is 2.56 bits per heavy atom. The SMILES string of the molecule is CN=C(NCCCCCN1CCCCC1)N1CCC(c2ccccc2)C1.I. The molecule has 2 aliphatic rings. The Morgan fingerprint density at radius 1 is 1.04 bits per heavy atom. The highest BCUT2D eigenvalue weighted by Gasteiger charge is 2.25. The quantitative estimate of drug-likeness (QED) is 0.271. The minimum absolute atomic E-state index is 0. The largest absolute Gasteiger partial charge is 0.356 e. The number of hydrogen-bond donors (Lipinski definition) is 1. The predicted molar refractivity (Wildman–Crippen MR) is 126 cm³/mol. The summed E-state index contributed by atoms with van der Waals surface area (Å²) in [4.78, 5) is 9.58. The van der Waals surface area contributed by atoms with Crippen molar-refractivity contribution in [3.8, 4) is 0 Å². The minimum Gasteiger partial charge on any atom is -0.356 e. The number of hydrogen-bond acceptors (Lipinski definition) is 2. The van der Waals surface area contributed by atoms with E-state index >= 15 is 0 Å². The number of rotatable bonds is 7. The molecule has 1 atom stereocenters.